The SMILES string of the molecule is COC(=O)C(=O)N(CCCCc1ccccc1)c1ccc(-c2ccc(OC(F)(F)F)cc2)cc1. The topological polar surface area (TPSA) is 55.8 Å². The van der Waals surface area contributed by atoms with E-state index >= 15 is 0 Å². The minimum absolute atomic E-state index is 0.307. The van der Waals surface area contributed by atoms with E-state index in [0.717, 1.165) is 25.5 Å². The molecule has 0 fully saturated rings. The van der Waals surface area contributed by atoms with Crippen LogP contribution in [0.15, 0.2) is 78.9 Å². The summed E-state index contributed by atoms with van der Waals surface area (Å²) in [5.74, 6) is -2.02. The molecular weight excluding hydrogens is 447 g/mol. The molecule has 8 heteroatoms. The first-order valence-electron chi connectivity index (χ1n) is 10.7. The first-order valence-corrected chi connectivity index (χ1v) is 10.7. The van der Waals surface area contributed by atoms with Crippen molar-refractivity contribution in [2.75, 3.05) is 18.6 Å². The number of halogens is 3. The van der Waals surface area contributed by atoms with Gasteiger partial charge in [0.25, 0.3) is 0 Å². The predicted octanol–water partition coefficient (Wildman–Crippen LogP) is 5.78. The zero-order chi connectivity index (χ0) is 24.6. The summed E-state index contributed by atoms with van der Waals surface area (Å²) in [5.41, 5.74) is 3.13. The molecule has 3 rings (SSSR count). The Bertz CT molecular complexity index is 1080. The molecule has 3 aromatic carbocycles. The fourth-order valence-electron chi connectivity index (χ4n) is 3.47. The van der Waals surface area contributed by atoms with Crippen LogP contribution in [0.25, 0.3) is 11.1 Å². The van der Waals surface area contributed by atoms with Crippen LogP contribution < -0.4 is 9.64 Å². The number of unbranched alkanes of at least 4 members (excludes halogenated alkanes) is 1. The average Bonchev–Trinajstić information content (AvgIpc) is 2.83. The van der Waals surface area contributed by atoms with E-state index < -0.39 is 18.2 Å². The maximum Gasteiger partial charge on any atom is 0.573 e. The predicted molar refractivity (Wildman–Crippen MR) is 122 cm³/mol. The molecule has 0 aliphatic rings. The first-order chi connectivity index (χ1) is 16.3. The number of nitrogens with zero attached hydrogens (tertiary/aromatic N) is 1. The van der Waals surface area contributed by atoms with Crippen molar-refractivity contribution in [2.24, 2.45) is 0 Å². The molecule has 34 heavy (non-hydrogen) atoms. The number of aryl methyl sites for hydroxylation is 1. The van der Waals surface area contributed by atoms with Gasteiger partial charge in [0.2, 0.25) is 0 Å². The van der Waals surface area contributed by atoms with Crippen LogP contribution in [-0.4, -0.2) is 31.9 Å². The zero-order valence-electron chi connectivity index (χ0n) is 18.5. The van der Waals surface area contributed by atoms with E-state index in [1.165, 1.54) is 34.7 Å². The fraction of sp³-hybridized carbons (Fsp3) is 0.231. The van der Waals surface area contributed by atoms with Crippen LogP contribution in [0.4, 0.5) is 18.9 Å². The molecule has 0 saturated carbocycles. The Morgan fingerprint density at radius 2 is 1.41 bits per heavy atom. The highest BCUT2D eigenvalue weighted by molar-refractivity contribution is 6.38. The van der Waals surface area contributed by atoms with Gasteiger partial charge in [-0.2, -0.15) is 0 Å². The van der Waals surface area contributed by atoms with E-state index in [-0.39, 0.29) is 5.75 Å². The Kier molecular flexibility index (Phi) is 8.29. The van der Waals surface area contributed by atoms with Crippen LogP contribution >= 0.6 is 0 Å². The molecule has 3 aromatic rings. The molecule has 0 spiro atoms. The summed E-state index contributed by atoms with van der Waals surface area (Å²) in [6, 6.07) is 22.3. The lowest BCUT2D eigenvalue weighted by molar-refractivity contribution is -0.274. The van der Waals surface area contributed by atoms with Crippen LogP contribution in [0.2, 0.25) is 0 Å². The quantitative estimate of drug-likeness (QED) is 0.237. The molecule has 0 atom stereocenters. The number of amides is 1. The normalized spacial score (nSPS) is 11.1. The van der Waals surface area contributed by atoms with Crippen LogP contribution in [0.3, 0.4) is 0 Å². The third-order valence-electron chi connectivity index (χ3n) is 5.15. The highest BCUT2D eigenvalue weighted by Gasteiger charge is 2.31. The summed E-state index contributed by atoms with van der Waals surface area (Å²) < 4.78 is 45.5. The van der Waals surface area contributed by atoms with Crippen molar-refractivity contribution in [1.82, 2.24) is 0 Å². The third-order valence-corrected chi connectivity index (χ3v) is 5.15. The number of methoxy groups -OCH3 is 1. The summed E-state index contributed by atoms with van der Waals surface area (Å²) in [6.45, 7) is 0.337. The standard InChI is InChI=1S/C26H24F3NO4/c1-33-25(32)24(31)30(18-6-5-9-19-7-3-2-4-8-19)22-14-10-20(11-15-22)21-12-16-23(17-13-21)34-26(27,28)29/h2-4,7-8,10-17H,5-6,9,18H2,1H3. The second-order valence-corrected chi connectivity index (χ2v) is 7.51. The summed E-state index contributed by atoms with van der Waals surface area (Å²) in [4.78, 5) is 25.9. The average molecular weight is 471 g/mol. The zero-order valence-corrected chi connectivity index (χ0v) is 18.5. The van der Waals surface area contributed by atoms with E-state index in [9.17, 15) is 22.8 Å². The molecule has 0 aliphatic carbocycles. The van der Waals surface area contributed by atoms with Gasteiger partial charge in [0.15, 0.2) is 0 Å². The van der Waals surface area contributed by atoms with Gasteiger partial charge in [-0.1, -0.05) is 54.6 Å². The van der Waals surface area contributed by atoms with Gasteiger partial charge >= 0.3 is 18.2 Å². The van der Waals surface area contributed by atoms with E-state index in [0.29, 0.717) is 24.2 Å². The number of esters is 1. The molecule has 0 N–H and O–H groups in total. The molecule has 0 aliphatic heterocycles. The lowest BCUT2D eigenvalue weighted by Crippen LogP contribution is -2.38. The van der Waals surface area contributed by atoms with Gasteiger partial charge in [0, 0.05) is 12.2 Å². The number of benzene rings is 3. The number of hydrogen-bond donors (Lipinski definition) is 0. The smallest absolute Gasteiger partial charge is 0.462 e. The number of ether oxygens (including phenoxy) is 2. The Morgan fingerprint density at radius 1 is 0.824 bits per heavy atom. The molecule has 0 saturated heterocycles. The van der Waals surface area contributed by atoms with Crippen LogP contribution in [0.1, 0.15) is 18.4 Å². The minimum Gasteiger partial charge on any atom is -0.462 e. The highest BCUT2D eigenvalue weighted by atomic mass is 19.4. The number of alkyl halides is 3. The largest absolute Gasteiger partial charge is 0.573 e. The van der Waals surface area contributed by atoms with E-state index in [4.69, 9.17) is 0 Å². The second kappa shape index (κ2) is 11.4. The van der Waals surface area contributed by atoms with E-state index in [2.05, 4.69) is 9.47 Å². The van der Waals surface area contributed by atoms with Gasteiger partial charge in [-0.25, -0.2) is 4.79 Å². The molecule has 178 valence electrons. The second-order valence-electron chi connectivity index (χ2n) is 7.51. The fourth-order valence-corrected chi connectivity index (χ4v) is 3.47. The van der Waals surface area contributed by atoms with Crippen molar-refractivity contribution in [1.29, 1.82) is 0 Å². The lowest BCUT2D eigenvalue weighted by atomic mass is 10.0. The third kappa shape index (κ3) is 7.10. The Labute approximate surface area is 195 Å². The maximum atomic E-state index is 12.6. The van der Waals surface area contributed by atoms with Gasteiger partial charge in [-0.15, -0.1) is 13.2 Å². The van der Waals surface area contributed by atoms with Crippen molar-refractivity contribution in [3.8, 4) is 16.9 Å². The van der Waals surface area contributed by atoms with Gasteiger partial charge in [0.1, 0.15) is 5.75 Å². The molecule has 0 aromatic heterocycles. The van der Waals surface area contributed by atoms with Crippen LogP contribution in [0, 0.1) is 0 Å². The Balaban J connectivity index is 1.69. The Hall–Kier alpha value is -3.81. The van der Waals surface area contributed by atoms with Gasteiger partial charge in [-0.05, 0) is 60.2 Å². The minimum atomic E-state index is -4.75. The summed E-state index contributed by atoms with van der Waals surface area (Å²) in [6.07, 6.45) is -2.38. The number of rotatable bonds is 8. The molecule has 1 amide bonds. The number of anilines is 1. The molecule has 0 unspecified atom stereocenters. The number of hydrogen-bond acceptors (Lipinski definition) is 4. The van der Waals surface area contributed by atoms with Gasteiger partial charge in [-0.3, -0.25) is 4.79 Å². The van der Waals surface area contributed by atoms with Crippen molar-refractivity contribution < 1.29 is 32.2 Å². The van der Waals surface area contributed by atoms with Crippen molar-refractivity contribution >= 4 is 17.6 Å². The van der Waals surface area contributed by atoms with Crippen molar-refractivity contribution in [2.45, 2.75) is 25.6 Å². The lowest BCUT2D eigenvalue weighted by Gasteiger charge is -2.22. The molecule has 0 bridgehead atoms. The molecule has 5 nitrogen and oxygen atoms in total. The highest BCUT2D eigenvalue weighted by Crippen LogP contribution is 2.28. The maximum absolute atomic E-state index is 12.6. The van der Waals surface area contributed by atoms with Crippen LogP contribution in [-0.2, 0) is 20.7 Å². The first kappa shape index (κ1) is 24.8. The van der Waals surface area contributed by atoms with E-state index in [1.807, 2.05) is 30.3 Å². The molecule has 0 radical (unpaired) electrons. The monoisotopic (exact) mass is 471 g/mol. The number of carbonyl (C=O) groups excluding carboxylic acids is 2. The van der Waals surface area contributed by atoms with E-state index in [1.54, 1.807) is 24.3 Å². The van der Waals surface area contributed by atoms with Gasteiger partial charge in [0.05, 0.1) is 7.11 Å². The van der Waals surface area contributed by atoms with Crippen molar-refractivity contribution in [3.63, 3.8) is 0 Å². The molecular formula is C26H24F3NO4. The Morgan fingerprint density at radius 3 is 1.97 bits per heavy atom. The summed E-state index contributed by atoms with van der Waals surface area (Å²) in [5, 5.41) is 0. The van der Waals surface area contributed by atoms with Crippen LogP contribution in [0.5, 0.6) is 5.75 Å². The molecule has 0 heterocycles. The summed E-state index contributed by atoms with van der Waals surface area (Å²) in [7, 11) is 1.16. The van der Waals surface area contributed by atoms with Gasteiger partial charge < -0.3 is 14.4 Å². The summed E-state index contributed by atoms with van der Waals surface area (Å²) >= 11 is 0. The number of carbonyl (C=O) groups is 2. The van der Waals surface area contributed by atoms with Crippen molar-refractivity contribution in [3.05, 3.63) is 84.4 Å².